The number of amides is 1. The fraction of sp³-hybridized carbons (Fsp3) is 0.550. The largest absolute Gasteiger partial charge is 0.364 e. The first-order valence-corrected chi connectivity index (χ1v) is 8.91. The number of anilines is 1. The van der Waals surface area contributed by atoms with Crippen LogP contribution in [-0.2, 0) is 19.8 Å². The van der Waals surface area contributed by atoms with Gasteiger partial charge < -0.3 is 15.0 Å². The summed E-state index contributed by atoms with van der Waals surface area (Å²) in [5, 5.41) is 3.45. The molecule has 134 valence electrons. The van der Waals surface area contributed by atoms with Gasteiger partial charge >= 0.3 is 0 Å². The molecule has 3 atom stereocenters. The molecule has 0 unspecified atom stereocenters. The van der Waals surface area contributed by atoms with Crippen LogP contribution in [0.1, 0.15) is 51.7 Å². The molecule has 1 amide bonds. The molecule has 0 bridgehead atoms. The predicted molar refractivity (Wildman–Crippen MR) is 96.3 cm³/mol. The van der Waals surface area contributed by atoms with E-state index in [4.69, 9.17) is 0 Å². The Hall–Kier alpha value is -2.17. The molecule has 5 nitrogen and oxygen atoms in total. The Morgan fingerprint density at radius 2 is 1.96 bits per heavy atom. The molecule has 0 spiro atoms. The number of para-hydroxylation sites is 1. The topological polar surface area (TPSA) is 66.5 Å². The number of nitrogens with zero attached hydrogens (tertiary/aromatic N) is 1. The van der Waals surface area contributed by atoms with Crippen LogP contribution < -0.4 is 5.32 Å². The zero-order valence-electron chi connectivity index (χ0n) is 15.6. The minimum Gasteiger partial charge on any atom is -0.364 e. The molecule has 0 aliphatic carbocycles. The SMILES string of the molecule is CC(=O)CC[C@]12C(=O)[C@H](C(C)C)N(C(C)=O)[C@H]1Nc1c(C)cccc12. The molecular weight excluding hydrogens is 316 g/mol. The molecule has 1 saturated heterocycles. The second-order valence-corrected chi connectivity index (χ2v) is 7.70. The highest BCUT2D eigenvalue weighted by Crippen LogP contribution is 2.53. The smallest absolute Gasteiger partial charge is 0.221 e. The molecule has 1 fully saturated rings. The van der Waals surface area contributed by atoms with Crippen molar-refractivity contribution >= 4 is 23.2 Å². The molecule has 0 radical (unpaired) electrons. The average molecular weight is 342 g/mol. The van der Waals surface area contributed by atoms with E-state index in [1.54, 1.807) is 11.8 Å². The number of carbonyl (C=O) groups is 3. The van der Waals surface area contributed by atoms with Crippen LogP contribution in [-0.4, -0.2) is 34.6 Å². The van der Waals surface area contributed by atoms with Gasteiger partial charge in [0.05, 0.1) is 11.5 Å². The lowest BCUT2D eigenvalue weighted by molar-refractivity contribution is -0.135. The second-order valence-electron chi connectivity index (χ2n) is 7.70. The molecule has 25 heavy (non-hydrogen) atoms. The second kappa shape index (κ2) is 5.97. The van der Waals surface area contributed by atoms with E-state index in [-0.39, 0.29) is 23.4 Å². The molecule has 1 aromatic rings. The van der Waals surface area contributed by atoms with Gasteiger partial charge in [-0.15, -0.1) is 0 Å². The molecule has 2 heterocycles. The van der Waals surface area contributed by atoms with Gasteiger partial charge in [0.1, 0.15) is 11.9 Å². The summed E-state index contributed by atoms with van der Waals surface area (Å²) in [5.74, 6) is 0.0242. The Balaban J connectivity index is 2.21. The molecule has 3 rings (SSSR count). The zero-order chi connectivity index (χ0) is 18.5. The van der Waals surface area contributed by atoms with E-state index >= 15 is 0 Å². The molecule has 2 aliphatic rings. The average Bonchev–Trinajstić information content (AvgIpc) is 2.97. The van der Waals surface area contributed by atoms with Crippen LogP contribution in [0.4, 0.5) is 5.69 Å². The van der Waals surface area contributed by atoms with Crippen LogP contribution >= 0.6 is 0 Å². The minimum absolute atomic E-state index is 0.0197. The van der Waals surface area contributed by atoms with Crippen LogP contribution in [0.3, 0.4) is 0 Å². The third-order valence-corrected chi connectivity index (χ3v) is 5.65. The lowest BCUT2D eigenvalue weighted by Crippen LogP contribution is -2.48. The van der Waals surface area contributed by atoms with Crippen LogP contribution in [0.15, 0.2) is 18.2 Å². The van der Waals surface area contributed by atoms with Gasteiger partial charge in [-0.2, -0.15) is 0 Å². The van der Waals surface area contributed by atoms with E-state index in [2.05, 4.69) is 5.32 Å². The van der Waals surface area contributed by atoms with E-state index in [1.165, 1.54) is 6.92 Å². The van der Waals surface area contributed by atoms with Gasteiger partial charge in [0.15, 0.2) is 5.78 Å². The number of fused-ring (bicyclic) bond motifs is 3. The van der Waals surface area contributed by atoms with Crippen molar-refractivity contribution in [2.24, 2.45) is 5.92 Å². The van der Waals surface area contributed by atoms with Gasteiger partial charge in [0.25, 0.3) is 0 Å². The molecule has 0 saturated carbocycles. The number of carbonyl (C=O) groups excluding carboxylic acids is 3. The van der Waals surface area contributed by atoms with Gasteiger partial charge in [0, 0.05) is 19.0 Å². The van der Waals surface area contributed by atoms with Gasteiger partial charge in [-0.05, 0) is 37.3 Å². The number of hydrogen-bond donors (Lipinski definition) is 1. The molecular formula is C20H26N2O3. The number of Topliss-reactive ketones (excluding diaryl/α,β-unsaturated/α-hetero) is 2. The van der Waals surface area contributed by atoms with Crippen molar-refractivity contribution in [3.05, 3.63) is 29.3 Å². The maximum absolute atomic E-state index is 13.6. The van der Waals surface area contributed by atoms with Gasteiger partial charge in [-0.3, -0.25) is 9.59 Å². The molecule has 1 aromatic carbocycles. The summed E-state index contributed by atoms with van der Waals surface area (Å²) in [7, 11) is 0. The number of nitrogens with one attached hydrogen (secondary N) is 1. The quantitative estimate of drug-likeness (QED) is 0.914. The zero-order valence-corrected chi connectivity index (χ0v) is 15.6. The van der Waals surface area contributed by atoms with Crippen molar-refractivity contribution in [3.8, 4) is 0 Å². The standard InChI is InChI=1S/C20H26N2O3/c1-11(2)17-18(25)20(10-9-13(4)23)15-8-6-7-12(3)16(15)21-19(20)22(17)14(5)24/h6-8,11,17,19,21H,9-10H2,1-5H3/t17-,19+,20-/m0/s1. The lowest BCUT2D eigenvalue weighted by atomic mass is 9.72. The van der Waals surface area contributed by atoms with Gasteiger partial charge in [-0.1, -0.05) is 32.0 Å². The van der Waals surface area contributed by atoms with E-state index < -0.39 is 17.6 Å². The molecule has 2 aliphatic heterocycles. The fourth-order valence-electron chi connectivity index (χ4n) is 4.53. The normalized spacial score (nSPS) is 27.3. The van der Waals surface area contributed by atoms with Crippen molar-refractivity contribution in [1.29, 1.82) is 0 Å². The van der Waals surface area contributed by atoms with Crippen LogP contribution in [0.5, 0.6) is 0 Å². The van der Waals surface area contributed by atoms with E-state index in [0.717, 1.165) is 16.8 Å². The Bertz CT molecular complexity index is 755. The number of ketones is 2. The van der Waals surface area contributed by atoms with E-state index in [0.29, 0.717) is 12.8 Å². The monoisotopic (exact) mass is 342 g/mol. The summed E-state index contributed by atoms with van der Waals surface area (Å²) in [6.07, 6.45) is 0.344. The predicted octanol–water partition coefficient (Wildman–Crippen LogP) is 2.81. The number of likely N-dealkylation sites (tertiary alicyclic amines) is 1. The summed E-state index contributed by atoms with van der Waals surface area (Å²) in [4.78, 5) is 39.4. The Labute approximate surface area is 148 Å². The van der Waals surface area contributed by atoms with Gasteiger partial charge in [-0.25, -0.2) is 0 Å². The third-order valence-electron chi connectivity index (χ3n) is 5.65. The molecule has 1 N–H and O–H groups in total. The van der Waals surface area contributed by atoms with Crippen molar-refractivity contribution in [3.63, 3.8) is 0 Å². The number of aryl methyl sites for hydroxylation is 1. The fourth-order valence-corrected chi connectivity index (χ4v) is 4.53. The summed E-state index contributed by atoms with van der Waals surface area (Å²) in [6.45, 7) is 8.99. The summed E-state index contributed by atoms with van der Waals surface area (Å²) in [6, 6.07) is 5.44. The van der Waals surface area contributed by atoms with Crippen molar-refractivity contribution in [2.45, 2.75) is 65.1 Å². The highest BCUT2D eigenvalue weighted by Gasteiger charge is 2.64. The first kappa shape index (κ1) is 17.6. The molecule has 5 heteroatoms. The highest BCUT2D eigenvalue weighted by molar-refractivity contribution is 6.05. The minimum atomic E-state index is -0.840. The first-order valence-electron chi connectivity index (χ1n) is 8.91. The van der Waals surface area contributed by atoms with E-state index in [9.17, 15) is 14.4 Å². The number of hydrogen-bond acceptors (Lipinski definition) is 4. The Kier molecular flexibility index (Phi) is 4.21. The summed E-state index contributed by atoms with van der Waals surface area (Å²) < 4.78 is 0. The lowest BCUT2D eigenvalue weighted by Gasteiger charge is -2.32. The van der Waals surface area contributed by atoms with Crippen molar-refractivity contribution < 1.29 is 14.4 Å². The maximum atomic E-state index is 13.6. The maximum Gasteiger partial charge on any atom is 0.221 e. The Morgan fingerprint density at radius 1 is 1.28 bits per heavy atom. The van der Waals surface area contributed by atoms with Gasteiger partial charge in [0.2, 0.25) is 5.91 Å². The first-order chi connectivity index (χ1) is 11.7. The third kappa shape index (κ3) is 2.40. The summed E-state index contributed by atoms with van der Waals surface area (Å²) >= 11 is 0. The van der Waals surface area contributed by atoms with Crippen molar-refractivity contribution in [2.75, 3.05) is 5.32 Å². The molecule has 0 aromatic heterocycles. The number of benzene rings is 1. The van der Waals surface area contributed by atoms with Crippen molar-refractivity contribution in [1.82, 2.24) is 4.90 Å². The Morgan fingerprint density at radius 3 is 2.52 bits per heavy atom. The van der Waals surface area contributed by atoms with Crippen LogP contribution in [0.25, 0.3) is 0 Å². The van der Waals surface area contributed by atoms with E-state index in [1.807, 2.05) is 39.0 Å². The number of rotatable bonds is 4. The highest BCUT2D eigenvalue weighted by atomic mass is 16.2. The van der Waals surface area contributed by atoms with Crippen LogP contribution in [0.2, 0.25) is 0 Å². The summed E-state index contributed by atoms with van der Waals surface area (Å²) in [5.41, 5.74) is 2.07. The van der Waals surface area contributed by atoms with Crippen LogP contribution in [0, 0.1) is 12.8 Å².